The monoisotopic (exact) mass is 482 g/mol. The number of rotatable bonds is 9. The van der Waals surface area contributed by atoms with E-state index in [1.807, 2.05) is 5.38 Å². The number of alkyl halides is 3. The number of benzene rings is 1. The smallest absolute Gasteiger partial charge is 0.416 e. The van der Waals surface area contributed by atoms with E-state index in [1.54, 1.807) is 19.9 Å². The molecule has 0 spiro atoms. The van der Waals surface area contributed by atoms with Crippen LogP contribution in [0.1, 0.15) is 31.5 Å². The largest absolute Gasteiger partial charge is 0.480 e. The van der Waals surface area contributed by atoms with Crippen LogP contribution in [0.15, 0.2) is 46.4 Å². The number of aliphatic carboxylic acids is 1. The highest BCUT2D eigenvalue weighted by atomic mass is 32.2. The summed E-state index contributed by atoms with van der Waals surface area (Å²) in [5.74, 6) is -0.499. The fourth-order valence-corrected chi connectivity index (χ4v) is 4.85. The Hall–Kier alpha value is -2.66. The molecule has 0 fully saturated rings. The maximum atomic E-state index is 12.9. The molecule has 0 aliphatic rings. The van der Waals surface area contributed by atoms with Crippen LogP contribution in [0.5, 0.6) is 0 Å². The van der Waals surface area contributed by atoms with Crippen molar-refractivity contribution < 1.29 is 23.1 Å². The summed E-state index contributed by atoms with van der Waals surface area (Å²) in [6, 6.07) is 5.04. The molecule has 2 aromatic heterocycles. The quantitative estimate of drug-likeness (QED) is 0.302. The summed E-state index contributed by atoms with van der Waals surface area (Å²) in [7, 11) is 0. The molecule has 2 heterocycles. The van der Waals surface area contributed by atoms with Gasteiger partial charge in [0, 0.05) is 29.9 Å². The lowest BCUT2D eigenvalue weighted by atomic mass is 10.1. The van der Waals surface area contributed by atoms with Gasteiger partial charge in [0.15, 0.2) is 4.34 Å². The van der Waals surface area contributed by atoms with Crippen LogP contribution in [0.3, 0.4) is 0 Å². The summed E-state index contributed by atoms with van der Waals surface area (Å²) in [4.78, 5) is 24.0. The summed E-state index contributed by atoms with van der Waals surface area (Å²) in [6.07, 6.45) is 0.0360. The number of anilines is 1. The lowest BCUT2D eigenvalue weighted by Crippen LogP contribution is -2.26. The predicted molar refractivity (Wildman–Crippen MR) is 119 cm³/mol. The summed E-state index contributed by atoms with van der Waals surface area (Å²) in [5.41, 5.74) is 1.07. The SMILES string of the molecule is CC(C)(Sc1nc(CCCNc2ncc(-c3cccc(C(F)(F)F)c3)cn2)cs1)C(=O)O. The van der Waals surface area contributed by atoms with Gasteiger partial charge in [0.2, 0.25) is 5.95 Å². The van der Waals surface area contributed by atoms with Crippen molar-refractivity contribution in [3.05, 3.63) is 53.3 Å². The minimum absolute atomic E-state index is 0.387. The average Bonchev–Trinajstić information content (AvgIpc) is 3.17. The lowest BCUT2D eigenvalue weighted by Gasteiger charge is -2.15. The molecule has 32 heavy (non-hydrogen) atoms. The van der Waals surface area contributed by atoms with Crippen LogP contribution in [0.4, 0.5) is 19.1 Å². The van der Waals surface area contributed by atoms with E-state index in [2.05, 4.69) is 20.3 Å². The standard InChI is InChI=1S/C21H21F3N4O2S2/c1-20(2,17(29)30)32-19-28-16(12-31-19)7-4-8-25-18-26-10-14(11-27-18)13-5-3-6-15(9-13)21(22,23)24/h3,5-6,9-12H,4,7-8H2,1-2H3,(H,29,30)(H,25,26,27). The van der Waals surface area contributed by atoms with Crippen molar-refractivity contribution >= 4 is 35.0 Å². The second-order valence-electron chi connectivity index (χ2n) is 7.43. The molecular formula is C21H21F3N4O2S2. The van der Waals surface area contributed by atoms with Crippen molar-refractivity contribution in [2.45, 2.75) is 42.0 Å². The van der Waals surface area contributed by atoms with Crippen molar-refractivity contribution in [2.75, 3.05) is 11.9 Å². The summed E-state index contributed by atoms with van der Waals surface area (Å²) >= 11 is 2.65. The summed E-state index contributed by atoms with van der Waals surface area (Å²) in [6.45, 7) is 3.87. The number of thioether (sulfide) groups is 1. The van der Waals surface area contributed by atoms with Crippen LogP contribution < -0.4 is 5.32 Å². The molecule has 3 rings (SSSR count). The number of nitrogens with one attached hydrogen (secondary N) is 1. The van der Waals surface area contributed by atoms with Gasteiger partial charge >= 0.3 is 12.1 Å². The number of hydrogen-bond acceptors (Lipinski definition) is 7. The zero-order valence-corrected chi connectivity index (χ0v) is 18.9. The van der Waals surface area contributed by atoms with E-state index in [0.717, 1.165) is 24.2 Å². The number of carboxylic acids is 1. The Balaban J connectivity index is 1.49. The van der Waals surface area contributed by atoms with Gasteiger partial charge in [0.25, 0.3) is 0 Å². The van der Waals surface area contributed by atoms with Crippen molar-refractivity contribution in [3.8, 4) is 11.1 Å². The normalized spacial score (nSPS) is 12.0. The topological polar surface area (TPSA) is 88.0 Å². The number of hydrogen-bond donors (Lipinski definition) is 2. The molecule has 170 valence electrons. The zero-order chi connectivity index (χ0) is 23.4. The average molecular weight is 483 g/mol. The first-order valence-electron chi connectivity index (χ1n) is 9.65. The van der Waals surface area contributed by atoms with E-state index in [0.29, 0.717) is 34.4 Å². The first-order chi connectivity index (χ1) is 15.0. The number of nitrogens with zero attached hydrogens (tertiary/aromatic N) is 3. The highest BCUT2D eigenvalue weighted by Gasteiger charge is 2.31. The van der Waals surface area contributed by atoms with Crippen LogP contribution in [0, 0.1) is 0 Å². The highest BCUT2D eigenvalue weighted by Crippen LogP contribution is 2.35. The zero-order valence-electron chi connectivity index (χ0n) is 17.3. The van der Waals surface area contributed by atoms with Crippen molar-refractivity contribution in [1.82, 2.24) is 15.0 Å². The predicted octanol–water partition coefficient (Wildman–Crippen LogP) is 5.62. The van der Waals surface area contributed by atoms with E-state index in [-0.39, 0.29) is 0 Å². The van der Waals surface area contributed by atoms with Gasteiger partial charge in [-0.05, 0) is 44.4 Å². The van der Waals surface area contributed by atoms with Crippen LogP contribution in [0.25, 0.3) is 11.1 Å². The molecule has 2 N–H and O–H groups in total. The fourth-order valence-electron chi connectivity index (χ4n) is 2.63. The molecule has 0 aliphatic carbocycles. The molecule has 11 heteroatoms. The number of carboxylic acid groups (broad SMARTS) is 1. The number of aryl methyl sites for hydroxylation is 1. The summed E-state index contributed by atoms with van der Waals surface area (Å²) < 4.78 is 38.4. The van der Waals surface area contributed by atoms with Gasteiger partial charge in [0.05, 0.1) is 11.3 Å². The van der Waals surface area contributed by atoms with Gasteiger partial charge in [-0.2, -0.15) is 13.2 Å². The Morgan fingerprint density at radius 2 is 1.91 bits per heavy atom. The molecule has 1 aromatic carbocycles. The maximum Gasteiger partial charge on any atom is 0.416 e. The van der Waals surface area contributed by atoms with Gasteiger partial charge in [-0.3, -0.25) is 4.79 Å². The molecule has 3 aromatic rings. The molecule has 0 saturated heterocycles. The number of thiazole rings is 1. The first-order valence-corrected chi connectivity index (χ1v) is 11.3. The van der Waals surface area contributed by atoms with Crippen molar-refractivity contribution in [3.63, 3.8) is 0 Å². The third-order valence-electron chi connectivity index (χ3n) is 4.46. The van der Waals surface area contributed by atoms with Crippen LogP contribution >= 0.6 is 23.1 Å². The Kier molecular flexibility index (Phi) is 7.40. The maximum absolute atomic E-state index is 12.9. The Labute approximate surface area is 191 Å². The highest BCUT2D eigenvalue weighted by molar-refractivity contribution is 8.02. The lowest BCUT2D eigenvalue weighted by molar-refractivity contribution is -0.139. The van der Waals surface area contributed by atoms with E-state index < -0.39 is 22.5 Å². The first kappa shape index (κ1) is 24.0. The Morgan fingerprint density at radius 3 is 2.56 bits per heavy atom. The second kappa shape index (κ2) is 9.86. The number of halogens is 3. The van der Waals surface area contributed by atoms with E-state index in [4.69, 9.17) is 0 Å². The Bertz CT molecular complexity index is 1070. The third-order valence-corrected chi connectivity index (χ3v) is 6.63. The van der Waals surface area contributed by atoms with Crippen LogP contribution in [0.2, 0.25) is 0 Å². The molecule has 0 bridgehead atoms. The van der Waals surface area contributed by atoms with Gasteiger partial charge in [0.1, 0.15) is 4.75 Å². The third kappa shape index (κ3) is 6.42. The molecular weight excluding hydrogens is 461 g/mol. The van der Waals surface area contributed by atoms with E-state index in [1.165, 1.54) is 41.6 Å². The van der Waals surface area contributed by atoms with E-state index in [9.17, 15) is 23.1 Å². The van der Waals surface area contributed by atoms with Gasteiger partial charge < -0.3 is 10.4 Å². The second-order valence-corrected chi connectivity index (χ2v) is 10.2. The number of carbonyl (C=O) groups is 1. The molecule has 0 amide bonds. The number of aromatic nitrogens is 3. The summed E-state index contributed by atoms with van der Waals surface area (Å²) in [5, 5.41) is 14.2. The van der Waals surface area contributed by atoms with Crippen molar-refractivity contribution in [1.29, 1.82) is 0 Å². The molecule has 0 atom stereocenters. The van der Waals surface area contributed by atoms with E-state index >= 15 is 0 Å². The minimum Gasteiger partial charge on any atom is -0.480 e. The molecule has 0 saturated carbocycles. The molecule has 6 nitrogen and oxygen atoms in total. The fraction of sp³-hybridized carbons (Fsp3) is 0.333. The minimum atomic E-state index is -4.40. The van der Waals surface area contributed by atoms with Crippen LogP contribution in [-0.2, 0) is 17.4 Å². The van der Waals surface area contributed by atoms with Gasteiger partial charge in [-0.15, -0.1) is 11.3 Å². The molecule has 0 unspecified atom stereocenters. The van der Waals surface area contributed by atoms with Crippen molar-refractivity contribution in [2.24, 2.45) is 0 Å². The van der Waals surface area contributed by atoms with Gasteiger partial charge in [-0.25, -0.2) is 15.0 Å². The van der Waals surface area contributed by atoms with Crippen LogP contribution in [-0.4, -0.2) is 37.3 Å². The Morgan fingerprint density at radius 1 is 1.19 bits per heavy atom. The van der Waals surface area contributed by atoms with Gasteiger partial charge in [-0.1, -0.05) is 23.9 Å². The molecule has 0 radical (unpaired) electrons. The molecule has 0 aliphatic heterocycles.